The summed E-state index contributed by atoms with van der Waals surface area (Å²) in [4.78, 5) is 13.4. The van der Waals surface area contributed by atoms with Gasteiger partial charge in [0.05, 0.1) is 34.4 Å². The van der Waals surface area contributed by atoms with Crippen molar-refractivity contribution in [1.82, 2.24) is 4.90 Å². The number of carbonyl (C=O) groups excluding carboxylic acids is 1. The van der Waals surface area contributed by atoms with Gasteiger partial charge in [-0.15, -0.1) is 0 Å². The monoisotopic (exact) mass is 285 g/mol. The summed E-state index contributed by atoms with van der Waals surface area (Å²) in [6, 6.07) is 6.70. The van der Waals surface area contributed by atoms with Crippen molar-refractivity contribution in [3.63, 3.8) is 0 Å². The number of carbonyl (C=O) groups is 1. The van der Waals surface area contributed by atoms with Crippen LogP contribution in [0.5, 0.6) is 0 Å². The zero-order valence-electron chi connectivity index (χ0n) is 10.1. The van der Waals surface area contributed by atoms with Gasteiger partial charge in [0, 0.05) is 0 Å². The van der Waals surface area contributed by atoms with Crippen LogP contribution in [0.4, 0.5) is 5.69 Å². The van der Waals surface area contributed by atoms with E-state index in [4.69, 9.17) is 28.5 Å². The summed E-state index contributed by atoms with van der Waals surface area (Å²) >= 11 is 11.9. The number of nitrogens with zero attached hydrogens (tertiary/aromatic N) is 2. The van der Waals surface area contributed by atoms with Gasteiger partial charge in [0.25, 0.3) is 0 Å². The van der Waals surface area contributed by atoms with Crippen LogP contribution in [0.2, 0.25) is 10.0 Å². The summed E-state index contributed by atoms with van der Waals surface area (Å²) < 4.78 is 0. The molecular weight excluding hydrogens is 273 g/mol. The van der Waals surface area contributed by atoms with E-state index in [9.17, 15) is 4.79 Å². The average Bonchev–Trinajstić information content (AvgIpc) is 2.32. The summed E-state index contributed by atoms with van der Waals surface area (Å²) in [6.07, 6.45) is 0. The van der Waals surface area contributed by atoms with E-state index in [-0.39, 0.29) is 18.5 Å². The topological polar surface area (TPSA) is 56.1 Å². The first-order valence-corrected chi connectivity index (χ1v) is 6.05. The van der Waals surface area contributed by atoms with E-state index in [1.807, 2.05) is 0 Å². The molecule has 0 saturated heterocycles. The van der Waals surface area contributed by atoms with Crippen LogP contribution in [0.15, 0.2) is 18.2 Å². The molecule has 0 aliphatic rings. The Hall–Kier alpha value is -1.28. The van der Waals surface area contributed by atoms with Crippen molar-refractivity contribution in [2.45, 2.75) is 13.0 Å². The third-order valence-electron chi connectivity index (χ3n) is 2.47. The lowest BCUT2D eigenvalue weighted by molar-refractivity contribution is -0.117. The first-order valence-electron chi connectivity index (χ1n) is 5.29. The number of hydrogen-bond donors (Lipinski definition) is 1. The van der Waals surface area contributed by atoms with E-state index >= 15 is 0 Å². The highest BCUT2D eigenvalue weighted by molar-refractivity contribution is 6.39. The Labute approximate surface area is 116 Å². The minimum absolute atomic E-state index is 0.0935. The number of halogens is 2. The lowest BCUT2D eigenvalue weighted by Gasteiger charge is -2.18. The molecule has 0 spiro atoms. The molecule has 0 unspecified atom stereocenters. The molecule has 0 bridgehead atoms. The molecule has 96 valence electrons. The largest absolute Gasteiger partial charge is 0.322 e. The van der Waals surface area contributed by atoms with Gasteiger partial charge in [0.1, 0.15) is 0 Å². The van der Waals surface area contributed by atoms with E-state index in [1.165, 1.54) is 0 Å². The lowest BCUT2D eigenvalue weighted by Crippen LogP contribution is -2.35. The van der Waals surface area contributed by atoms with Crippen LogP contribution in [-0.2, 0) is 4.79 Å². The number of rotatable bonds is 4. The van der Waals surface area contributed by atoms with Crippen molar-refractivity contribution in [2.75, 3.05) is 18.9 Å². The van der Waals surface area contributed by atoms with Crippen molar-refractivity contribution in [3.8, 4) is 6.07 Å². The Morgan fingerprint density at radius 3 is 2.56 bits per heavy atom. The molecule has 1 rings (SSSR count). The molecule has 1 amide bonds. The fourth-order valence-corrected chi connectivity index (χ4v) is 1.75. The maximum absolute atomic E-state index is 11.8. The van der Waals surface area contributed by atoms with Crippen LogP contribution >= 0.6 is 23.2 Å². The first kappa shape index (κ1) is 14.8. The molecule has 0 saturated carbocycles. The molecule has 1 atom stereocenters. The van der Waals surface area contributed by atoms with E-state index in [0.717, 1.165) is 0 Å². The Kier molecular flexibility index (Phi) is 5.42. The lowest BCUT2D eigenvalue weighted by atomic mass is 10.3. The Morgan fingerprint density at radius 2 is 2.06 bits per heavy atom. The number of para-hydroxylation sites is 1. The minimum Gasteiger partial charge on any atom is -0.322 e. The molecule has 0 aliphatic heterocycles. The molecule has 18 heavy (non-hydrogen) atoms. The first-order chi connectivity index (χ1) is 8.45. The van der Waals surface area contributed by atoms with Crippen molar-refractivity contribution in [3.05, 3.63) is 28.2 Å². The van der Waals surface area contributed by atoms with Gasteiger partial charge < -0.3 is 5.32 Å². The number of amides is 1. The standard InChI is InChI=1S/C12H13Cl2N3O/c1-8(6-15)17(2)7-11(18)16-12-9(13)4-3-5-10(12)14/h3-5,8H,7H2,1-2H3,(H,16,18)/t8-/m0/s1. The van der Waals surface area contributed by atoms with E-state index < -0.39 is 0 Å². The normalized spacial score (nSPS) is 12.0. The highest BCUT2D eigenvalue weighted by atomic mass is 35.5. The van der Waals surface area contributed by atoms with Crippen LogP contribution in [0, 0.1) is 11.3 Å². The number of hydrogen-bond acceptors (Lipinski definition) is 3. The summed E-state index contributed by atoms with van der Waals surface area (Å²) in [5.74, 6) is -0.269. The van der Waals surface area contributed by atoms with Crippen molar-refractivity contribution < 1.29 is 4.79 Å². The third kappa shape index (κ3) is 3.88. The van der Waals surface area contributed by atoms with Crippen LogP contribution in [0.25, 0.3) is 0 Å². The predicted octanol–water partition coefficient (Wildman–Crippen LogP) is 2.78. The molecule has 1 N–H and O–H groups in total. The van der Waals surface area contributed by atoms with Gasteiger partial charge in [-0.1, -0.05) is 29.3 Å². The number of benzene rings is 1. The highest BCUT2D eigenvalue weighted by Crippen LogP contribution is 2.29. The van der Waals surface area contributed by atoms with Crippen LogP contribution in [-0.4, -0.2) is 30.4 Å². The number of likely N-dealkylation sites (N-methyl/N-ethyl adjacent to an activating group) is 1. The van der Waals surface area contributed by atoms with Crippen molar-refractivity contribution in [1.29, 1.82) is 5.26 Å². The molecule has 4 nitrogen and oxygen atoms in total. The molecule has 0 radical (unpaired) electrons. The summed E-state index contributed by atoms with van der Waals surface area (Å²) in [7, 11) is 1.70. The van der Waals surface area contributed by atoms with Gasteiger partial charge in [-0.2, -0.15) is 5.26 Å². The smallest absolute Gasteiger partial charge is 0.238 e. The fourth-order valence-electron chi connectivity index (χ4n) is 1.26. The van der Waals surface area contributed by atoms with Crippen LogP contribution < -0.4 is 5.32 Å². The highest BCUT2D eigenvalue weighted by Gasteiger charge is 2.14. The molecule has 0 aliphatic carbocycles. The summed E-state index contributed by atoms with van der Waals surface area (Å²) in [5.41, 5.74) is 0.392. The Bertz CT molecular complexity index is 464. The molecule has 1 aromatic rings. The van der Waals surface area contributed by atoms with Gasteiger partial charge in [0.15, 0.2) is 0 Å². The molecule has 0 fully saturated rings. The molecule has 6 heteroatoms. The van der Waals surface area contributed by atoms with E-state index in [1.54, 1.807) is 37.1 Å². The SMILES string of the molecule is C[C@@H](C#N)N(C)CC(=O)Nc1c(Cl)cccc1Cl. The third-order valence-corrected chi connectivity index (χ3v) is 3.10. The van der Waals surface area contributed by atoms with Crippen LogP contribution in [0.3, 0.4) is 0 Å². The van der Waals surface area contributed by atoms with Gasteiger partial charge in [-0.05, 0) is 26.1 Å². The fraction of sp³-hybridized carbons (Fsp3) is 0.333. The van der Waals surface area contributed by atoms with E-state index in [0.29, 0.717) is 15.7 Å². The second kappa shape index (κ2) is 6.60. The van der Waals surface area contributed by atoms with Gasteiger partial charge >= 0.3 is 0 Å². The maximum Gasteiger partial charge on any atom is 0.238 e. The summed E-state index contributed by atoms with van der Waals surface area (Å²) in [6.45, 7) is 1.81. The maximum atomic E-state index is 11.8. The minimum atomic E-state index is -0.336. The van der Waals surface area contributed by atoms with Crippen molar-refractivity contribution in [2.24, 2.45) is 0 Å². The Balaban J connectivity index is 2.69. The van der Waals surface area contributed by atoms with Gasteiger partial charge in [-0.25, -0.2) is 0 Å². The number of nitrogens with one attached hydrogen (secondary N) is 1. The second-order valence-electron chi connectivity index (χ2n) is 3.87. The Morgan fingerprint density at radius 1 is 1.50 bits per heavy atom. The van der Waals surface area contributed by atoms with Gasteiger partial charge in [-0.3, -0.25) is 9.69 Å². The number of nitriles is 1. The molecule has 0 aromatic heterocycles. The van der Waals surface area contributed by atoms with Gasteiger partial charge in [0.2, 0.25) is 5.91 Å². The zero-order chi connectivity index (χ0) is 13.7. The quantitative estimate of drug-likeness (QED) is 0.926. The summed E-state index contributed by atoms with van der Waals surface area (Å²) in [5, 5.41) is 12.1. The van der Waals surface area contributed by atoms with Crippen molar-refractivity contribution >= 4 is 34.8 Å². The molecular formula is C12H13Cl2N3O. The van der Waals surface area contributed by atoms with Crippen LogP contribution in [0.1, 0.15) is 6.92 Å². The average molecular weight is 286 g/mol. The second-order valence-corrected chi connectivity index (χ2v) is 4.68. The molecule has 1 aromatic carbocycles. The molecule has 0 heterocycles. The van der Waals surface area contributed by atoms with E-state index in [2.05, 4.69) is 11.4 Å². The zero-order valence-corrected chi connectivity index (χ0v) is 11.6. The number of anilines is 1. The predicted molar refractivity (Wildman–Crippen MR) is 72.8 cm³/mol.